The first-order chi connectivity index (χ1) is 13.0. The third-order valence-corrected chi connectivity index (χ3v) is 6.48. The Kier molecular flexibility index (Phi) is 6.84. The van der Waals surface area contributed by atoms with E-state index in [0.29, 0.717) is 0 Å². The van der Waals surface area contributed by atoms with Crippen molar-refractivity contribution in [3.63, 3.8) is 0 Å². The van der Waals surface area contributed by atoms with Crippen LogP contribution in [0.4, 0.5) is 0 Å². The highest BCUT2D eigenvalue weighted by atomic mass is 32.2. The van der Waals surface area contributed by atoms with Gasteiger partial charge in [0.2, 0.25) is 15.9 Å². The van der Waals surface area contributed by atoms with E-state index in [2.05, 4.69) is 10.6 Å². The molecular weight excluding hydrogens is 382 g/mol. The van der Waals surface area contributed by atoms with Crippen molar-refractivity contribution in [3.8, 4) is 0 Å². The number of ether oxygens (including phenoxy) is 1. The SMILES string of the molecule is CNC(=O)C(C)(C)CNC(=O)c1cccc(S(=O)(=O)N2C[C@@H](C)O[C@H](C)C2)c1. The maximum absolute atomic E-state index is 13.0. The van der Waals surface area contributed by atoms with Gasteiger partial charge in [0.25, 0.3) is 5.91 Å². The van der Waals surface area contributed by atoms with Crippen molar-refractivity contribution in [1.29, 1.82) is 0 Å². The van der Waals surface area contributed by atoms with Crippen LogP contribution in [0.15, 0.2) is 29.2 Å². The summed E-state index contributed by atoms with van der Waals surface area (Å²) in [7, 11) is -2.20. The molecule has 8 nitrogen and oxygen atoms in total. The third kappa shape index (κ3) is 5.09. The number of hydrogen-bond acceptors (Lipinski definition) is 5. The van der Waals surface area contributed by atoms with Gasteiger partial charge in [0.15, 0.2) is 0 Å². The van der Waals surface area contributed by atoms with Gasteiger partial charge in [-0.05, 0) is 45.9 Å². The molecule has 2 amide bonds. The number of benzene rings is 1. The first kappa shape index (κ1) is 22.3. The predicted octanol–water partition coefficient (Wildman–Crippen LogP) is 0.986. The summed E-state index contributed by atoms with van der Waals surface area (Å²) in [5.41, 5.74) is -0.558. The fourth-order valence-corrected chi connectivity index (χ4v) is 4.73. The lowest BCUT2D eigenvalue weighted by molar-refractivity contribution is -0.128. The molecule has 28 heavy (non-hydrogen) atoms. The number of hydrogen-bond donors (Lipinski definition) is 2. The zero-order chi connectivity index (χ0) is 21.1. The average molecular weight is 412 g/mol. The number of carbonyl (C=O) groups excluding carboxylic acids is 2. The normalized spacial score (nSPS) is 21.2. The molecule has 0 spiro atoms. The number of sulfonamides is 1. The fraction of sp³-hybridized carbons (Fsp3) is 0.579. The van der Waals surface area contributed by atoms with Gasteiger partial charge in [-0.3, -0.25) is 9.59 Å². The minimum atomic E-state index is -3.74. The molecule has 2 N–H and O–H groups in total. The Labute approximate surface area is 166 Å². The maximum atomic E-state index is 13.0. The molecule has 0 unspecified atom stereocenters. The second-order valence-corrected chi connectivity index (χ2v) is 9.69. The van der Waals surface area contributed by atoms with Crippen molar-refractivity contribution in [3.05, 3.63) is 29.8 Å². The zero-order valence-corrected chi connectivity index (χ0v) is 17.8. The molecule has 0 aromatic heterocycles. The van der Waals surface area contributed by atoms with Crippen molar-refractivity contribution >= 4 is 21.8 Å². The number of morpholine rings is 1. The van der Waals surface area contributed by atoms with Crippen molar-refractivity contribution in [1.82, 2.24) is 14.9 Å². The Hall–Kier alpha value is -1.97. The number of nitrogens with zero attached hydrogens (tertiary/aromatic N) is 1. The molecular formula is C19H29N3O5S. The lowest BCUT2D eigenvalue weighted by Crippen LogP contribution is -2.48. The van der Waals surface area contributed by atoms with Gasteiger partial charge >= 0.3 is 0 Å². The van der Waals surface area contributed by atoms with E-state index < -0.39 is 21.3 Å². The largest absolute Gasteiger partial charge is 0.373 e. The Bertz CT molecular complexity index is 828. The van der Waals surface area contributed by atoms with Gasteiger partial charge in [-0.25, -0.2) is 8.42 Å². The van der Waals surface area contributed by atoms with Crippen molar-refractivity contribution in [2.75, 3.05) is 26.7 Å². The van der Waals surface area contributed by atoms with E-state index in [1.807, 2.05) is 13.8 Å². The molecule has 1 aromatic rings. The van der Waals surface area contributed by atoms with E-state index in [4.69, 9.17) is 4.74 Å². The van der Waals surface area contributed by atoms with E-state index in [1.54, 1.807) is 26.0 Å². The van der Waals surface area contributed by atoms with Gasteiger partial charge in [0, 0.05) is 32.2 Å². The summed E-state index contributed by atoms with van der Waals surface area (Å²) in [5.74, 6) is -0.627. The summed E-state index contributed by atoms with van der Waals surface area (Å²) in [5, 5.41) is 5.25. The molecule has 1 aliphatic heterocycles. The van der Waals surface area contributed by atoms with E-state index in [9.17, 15) is 18.0 Å². The van der Waals surface area contributed by atoms with Crippen molar-refractivity contribution < 1.29 is 22.7 Å². The summed E-state index contributed by atoms with van der Waals surface area (Å²) in [4.78, 5) is 24.4. The van der Waals surface area contributed by atoms with Gasteiger partial charge in [-0.15, -0.1) is 0 Å². The Balaban J connectivity index is 2.17. The second-order valence-electron chi connectivity index (χ2n) is 7.75. The molecule has 0 aliphatic carbocycles. The van der Waals surface area contributed by atoms with Crippen LogP contribution in [0.5, 0.6) is 0 Å². The van der Waals surface area contributed by atoms with Gasteiger partial charge in [-0.2, -0.15) is 4.31 Å². The molecule has 1 saturated heterocycles. The van der Waals surface area contributed by atoms with Crippen LogP contribution < -0.4 is 10.6 Å². The summed E-state index contributed by atoms with van der Waals surface area (Å²) in [6.07, 6.45) is -0.395. The second kappa shape index (κ2) is 8.59. The lowest BCUT2D eigenvalue weighted by Gasteiger charge is -2.34. The van der Waals surface area contributed by atoms with Crippen LogP contribution in [0.1, 0.15) is 38.1 Å². The molecule has 9 heteroatoms. The fourth-order valence-electron chi connectivity index (χ4n) is 3.10. The van der Waals surface area contributed by atoms with Gasteiger partial charge in [0.1, 0.15) is 0 Å². The number of rotatable bonds is 6. The molecule has 1 fully saturated rings. The summed E-state index contributed by atoms with van der Waals surface area (Å²) in [6.45, 7) is 7.75. The van der Waals surface area contributed by atoms with Crippen LogP contribution in [-0.2, 0) is 19.6 Å². The first-order valence-corrected chi connectivity index (χ1v) is 10.7. The predicted molar refractivity (Wildman–Crippen MR) is 105 cm³/mol. The molecule has 2 rings (SSSR count). The number of amides is 2. The first-order valence-electron chi connectivity index (χ1n) is 9.23. The number of nitrogens with one attached hydrogen (secondary N) is 2. The molecule has 1 aliphatic rings. The monoisotopic (exact) mass is 411 g/mol. The molecule has 1 aromatic carbocycles. The highest BCUT2D eigenvalue weighted by Crippen LogP contribution is 2.22. The number of carbonyl (C=O) groups is 2. The van der Waals surface area contributed by atoms with Crippen molar-refractivity contribution in [2.45, 2.75) is 44.8 Å². The molecule has 2 atom stereocenters. The van der Waals surface area contributed by atoms with Crippen LogP contribution in [0, 0.1) is 5.41 Å². The van der Waals surface area contributed by atoms with Gasteiger partial charge in [-0.1, -0.05) is 6.07 Å². The highest BCUT2D eigenvalue weighted by molar-refractivity contribution is 7.89. The van der Waals surface area contributed by atoms with Crippen molar-refractivity contribution in [2.24, 2.45) is 5.41 Å². The Morgan fingerprint density at radius 2 is 1.82 bits per heavy atom. The van der Waals surface area contributed by atoms with Gasteiger partial charge < -0.3 is 15.4 Å². The van der Waals surface area contributed by atoms with Crippen LogP contribution >= 0.6 is 0 Å². The average Bonchev–Trinajstić information content (AvgIpc) is 2.64. The highest BCUT2D eigenvalue weighted by Gasteiger charge is 2.32. The van der Waals surface area contributed by atoms with E-state index in [0.717, 1.165) is 0 Å². The zero-order valence-electron chi connectivity index (χ0n) is 17.0. The molecule has 1 heterocycles. The van der Waals surface area contributed by atoms with E-state index in [-0.39, 0.29) is 48.2 Å². The summed E-state index contributed by atoms with van der Waals surface area (Å²) >= 11 is 0. The van der Waals surface area contributed by atoms with Crippen LogP contribution in [0.3, 0.4) is 0 Å². The van der Waals surface area contributed by atoms with E-state index in [1.165, 1.54) is 23.5 Å². The quantitative estimate of drug-likeness (QED) is 0.726. The van der Waals surface area contributed by atoms with Crippen LogP contribution in [0.2, 0.25) is 0 Å². The third-order valence-electron chi connectivity index (χ3n) is 4.65. The smallest absolute Gasteiger partial charge is 0.251 e. The lowest BCUT2D eigenvalue weighted by atomic mass is 9.92. The van der Waals surface area contributed by atoms with Gasteiger partial charge in [0.05, 0.1) is 22.5 Å². The van der Waals surface area contributed by atoms with Crippen LogP contribution in [-0.4, -0.2) is 63.4 Å². The molecule has 0 bridgehead atoms. The minimum Gasteiger partial charge on any atom is -0.373 e. The van der Waals surface area contributed by atoms with E-state index >= 15 is 0 Å². The standard InChI is InChI=1S/C19H29N3O5S/c1-13-10-22(11-14(2)27-13)28(25,26)16-8-6-7-15(9-16)17(23)21-12-19(3,4)18(24)20-5/h6-9,13-14H,10-12H2,1-5H3,(H,20,24)(H,21,23)/t13-,14-/m1/s1. The summed E-state index contributed by atoms with van der Waals surface area (Å²) in [6, 6.07) is 5.93. The summed E-state index contributed by atoms with van der Waals surface area (Å²) < 4.78 is 33.0. The Morgan fingerprint density at radius 3 is 2.39 bits per heavy atom. The molecule has 156 valence electrons. The molecule has 0 saturated carbocycles. The van der Waals surface area contributed by atoms with Crippen LogP contribution in [0.25, 0.3) is 0 Å². The maximum Gasteiger partial charge on any atom is 0.251 e. The molecule has 0 radical (unpaired) electrons. The minimum absolute atomic E-state index is 0.0620. The Morgan fingerprint density at radius 1 is 1.21 bits per heavy atom. The topological polar surface area (TPSA) is 105 Å².